The SMILES string of the molecule is CCCCCCCCC/C=C\CCCCCCCCCC(=O)OCCCCCCCCCCCCCC/C=C\CCCCCCCCCCCCCCC(=O)NC(CO)C(O)CCCCCCCCCCCCCCC. The third kappa shape index (κ3) is 61.6. The zero-order chi connectivity index (χ0) is 55.0. The van der Waals surface area contributed by atoms with Crippen molar-refractivity contribution in [2.45, 2.75) is 398 Å². The summed E-state index contributed by atoms with van der Waals surface area (Å²) < 4.78 is 5.50. The second-order valence-corrected chi connectivity index (χ2v) is 23.9. The molecule has 0 aliphatic heterocycles. The van der Waals surface area contributed by atoms with E-state index in [2.05, 4.69) is 43.5 Å². The molecule has 2 unspecified atom stereocenters. The maximum atomic E-state index is 12.5. The van der Waals surface area contributed by atoms with E-state index in [0.29, 0.717) is 25.9 Å². The Labute approximate surface area is 475 Å². The van der Waals surface area contributed by atoms with Gasteiger partial charge in [-0.15, -0.1) is 0 Å². The van der Waals surface area contributed by atoms with E-state index < -0.39 is 12.1 Å². The summed E-state index contributed by atoms with van der Waals surface area (Å²) >= 11 is 0. The first-order valence-corrected chi connectivity index (χ1v) is 34.6. The molecule has 76 heavy (non-hydrogen) atoms. The fraction of sp³-hybridized carbons (Fsp3) is 0.914. The van der Waals surface area contributed by atoms with E-state index in [1.165, 1.54) is 308 Å². The van der Waals surface area contributed by atoms with Crippen molar-refractivity contribution in [1.29, 1.82) is 0 Å². The lowest BCUT2D eigenvalue weighted by molar-refractivity contribution is -0.143. The fourth-order valence-electron chi connectivity index (χ4n) is 10.9. The standard InChI is InChI=1S/C70H135NO5/c1-3-5-7-9-11-13-15-17-18-19-33-36-40-44-48-52-56-60-64-70(75)76-65-61-57-53-49-45-41-37-34-31-29-27-25-23-21-20-22-24-26-28-30-32-35-39-43-47-51-55-59-63-69(74)71-67(66-72)68(73)62-58-54-50-46-42-38-16-14-12-10-8-6-4-2/h18-21,67-68,72-73H,3-17,22-66H2,1-2H3,(H,71,74)/b19-18-,21-20-. The van der Waals surface area contributed by atoms with Gasteiger partial charge in [0.25, 0.3) is 0 Å². The summed E-state index contributed by atoms with van der Waals surface area (Å²) in [6.45, 7) is 4.97. The summed E-state index contributed by atoms with van der Waals surface area (Å²) in [5.41, 5.74) is 0. The summed E-state index contributed by atoms with van der Waals surface area (Å²) in [5, 5.41) is 23.3. The molecule has 1 amide bonds. The number of amides is 1. The van der Waals surface area contributed by atoms with Gasteiger partial charge in [-0.1, -0.05) is 321 Å². The van der Waals surface area contributed by atoms with Crippen molar-refractivity contribution < 1.29 is 24.5 Å². The van der Waals surface area contributed by atoms with Crippen LogP contribution in [0.25, 0.3) is 0 Å². The molecule has 0 saturated carbocycles. The molecule has 0 fully saturated rings. The highest BCUT2D eigenvalue weighted by Crippen LogP contribution is 2.18. The zero-order valence-electron chi connectivity index (χ0n) is 51.5. The van der Waals surface area contributed by atoms with E-state index in [0.717, 1.165) is 44.9 Å². The summed E-state index contributed by atoms with van der Waals surface area (Å²) in [6, 6.07) is -0.540. The maximum absolute atomic E-state index is 12.5. The van der Waals surface area contributed by atoms with Crippen molar-refractivity contribution in [2.75, 3.05) is 13.2 Å². The van der Waals surface area contributed by atoms with E-state index in [1.54, 1.807) is 0 Å². The van der Waals surface area contributed by atoms with Gasteiger partial charge in [-0.3, -0.25) is 9.59 Å². The second-order valence-electron chi connectivity index (χ2n) is 23.9. The molecule has 0 bridgehead atoms. The molecule has 0 aromatic rings. The molecule has 6 nitrogen and oxygen atoms in total. The average Bonchev–Trinajstić information content (AvgIpc) is 3.42. The molecule has 0 spiro atoms. The van der Waals surface area contributed by atoms with Crippen LogP contribution >= 0.6 is 0 Å². The van der Waals surface area contributed by atoms with E-state index in [1.807, 2.05) is 0 Å². The number of unbranched alkanes of at least 4 members (excludes halogenated alkanes) is 50. The average molecular weight is 1070 g/mol. The lowest BCUT2D eigenvalue weighted by Gasteiger charge is -2.22. The normalized spacial score (nSPS) is 12.6. The molecule has 3 N–H and O–H groups in total. The molecule has 0 rings (SSSR count). The van der Waals surface area contributed by atoms with Gasteiger partial charge in [0.2, 0.25) is 5.91 Å². The first-order chi connectivity index (χ1) is 37.5. The van der Waals surface area contributed by atoms with Crippen LogP contribution in [0, 0.1) is 0 Å². The van der Waals surface area contributed by atoms with Gasteiger partial charge in [0.05, 0.1) is 25.4 Å². The number of hydrogen-bond acceptors (Lipinski definition) is 5. The third-order valence-electron chi connectivity index (χ3n) is 16.2. The van der Waals surface area contributed by atoms with Crippen molar-refractivity contribution in [1.82, 2.24) is 5.32 Å². The van der Waals surface area contributed by atoms with Crippen molar-refractivity contribution in [3.63, 3.8) is 0 Å². The number of rotatable bonds is 65. The molecule has 0 heterocycles. The predicted octanol–water partition coefficient (Wildman–Crippen LogP) is 22.1. The highest BCUT2D eigenvalue weighted by Gasteiger charge is 2.20. The summed E-state index contributed by atoms with van der Waals surface area (Å²) in [5.74, 6) is -0.0196. The van der Waals surface area contributed by atoms with E-state index in [-0.39, 0.29) is 18.5 Å². The predicted molar refractivity (Wildman–Crippen MR) is 333 cm³/mol. The van der Waals surface area contributed by atoms with E-state index in [4.69, 9.17) is 4.74 Å². The Balaban J connectivity index is 3.35. The number of carbonyl (C=O) groups excluding carboxylic acids is 2. The minimum Gasteiger partial charge on any atom is -0.466 e. The van der Waals surface area contributed by atoms with Crippen LogP contribution in [-0.4, -0.2) is 47.4 Å². The fourth-order valence-corrected chi connectivity index (χ4v) is 10.9. The number of aliphatic hydroxyl groups is 2. The molecule has 0 aromatic heterocycles. The van der Waals surface area contributed by atoms with Crippen molar-refractivity contribution >= 4 is 11.9 Å². The zero-order valence-corrected chi connectivity index (χ0v) is 51.5. The van der Waals surface area contributed by atoms with Gasteiger partial charge in [-0.05, 0) is 77.0 Å². The molecule has 450 valence electrons. The molecule has 0 radical (unpaired) electrons. The number of hydrogen-bond donors (Lipinski definition) is 3. The molecule has 0 aliphatic rings. The number of allylic oxidation sites excluding steroid dienone is 4. The summed E-state index contributed by atoms with van der Waals surface area (Å²) in [6.07, 6.45) is 82.2. The summed E-state index contributed by atoms with van der Waals surface area (Å²) in [4.78, 5) is 24.6. The Morgan fingerprint density at radius 2 is 0.618 bits per heavy atom. The molecule has 0 aliphatic carbocycles. The number of carbonyl (C=O) groups is 2. The van der Waals surface area contributed by atoms with Gasteiger partial charge in [0, 0.05) is 12.8 Å². The Hall–Kier alpha value is -1.66. The smallest absolute Gasteiger partial charge is 0.305 e. The Kier molecular flexibility index (Phi) is 64.4. The minimum atomic E-state index is -0.663. The van der Waals surface area contributed by atoms with Crippen LogP contribution in [0.3, 0.4) is 0 Å². The number of aliphatic hydroxyl groups excluding tert-OH is 2. The number of ether oxygens (including phenoxy) is 1. The highest BCUT2D eigenvalue weighted by molar-refractivity contribution is 5.76. The number of nitrogens with one attached hydrogen (secondary N) is 1. The third-order valence-corrected chi connectivity index (χ3v) is 16.2. The number of esters is 1. The monoisotopic (exact) mass is 1070 g/mol. The Bertz CT molecular complexity index is 1190. The summed E-state index contributed by atoms with van der Waals surface area (Å²) in [7, 11) is 0. The van der Waals surface area contributed by atoms with E-state index >= 15 is 0 Å². The minimum absolute atomic E-state index is 0.0136. The molecule has 0 aromatic carbocycles. The molecule has 6 heteroatoms. The van der Waals surface area contributed by atoms with E-state index in [9.17, 15) is 19.8 Å². The van der Waals surface area contributed by atoms with Crippen LogP contribution in [0.5, 0.6) is 0 Å². The lowest BCUT2D eigenvalue weighted by atomic mass is 10.0. The maximum Gasteiger partial charge on any atom is 0.305 e. The van der Waals surface area contributed by atoms with Crippen LogP contribution in [0.2, 0.25) is 0 Å². The van der Waals surface area contributed by atoms with Gasteiger partial charge in [-0.25, -0.2) is 0 Å². The van der Waals surface area contributed by atoms with Gasteiger partial charge in [0.1, 0.15) is 0 Å². The lowest BCUT2D eigenvalue weighted by Crippen LogP contribution is -2.45. The van der Waals surface area contributed by atoms with Crippen molar-refractivity contribution in [3.05, 3.63) is 24.3 Å². The van der Waals surface area contributed by atoms with Crippen molar-refractivity contribution in [3.8, 4) is 0 Å². The quantitative estimate of drug-likeness (QED) is 0.0320. The van der Waals surface area contributed by atoms with Crippen LogP contribution in [0.15, 0.2) is 24.3 Å². The first kappa shape index (κ1) is 74.3. The molecule has 0 saturated heterocycles. The highest BCUT2D eigenvalue weighted by atomic mass is 16.5. The van der Waals surface area contributed by atoms with Gasteiger partial charge in [-0.2, -0.15) is 0 Å². The van der Waals surface area contributed by atoms with Crippen molar-refractivity contribution in [2.24, 2.45) is 0 Å². The van der Waals surface area contributed by atoms with Gasteiger partial charge in [0.15, 0.2) is 0 Å². The second kappa shape index (κ2) is 65.9. The topological polar surface area (TPSA) is 95.9 Å². The first-order valence-electron chi connectivity index (χ1n) is 34.6. The Morgan fingerprint density at radius 1 is 0.355 bits per heavy atom. The van der Waals surface area contributed by atoms with Crippen LogP contribution in [-0.2, 0) is 14.3 Å². The van der Waals surface area contributed by atoms with Crippen LogP contribution < -0.4 is 5.32 Å². The van der Waals surface area contributed by atoms with Gasteiger partial charge >= 0.3 is 5.97 Å². The molecular formula is C70H135NO5. The Morgan fingerprint density at radius 3 is 0.934 bits per heavy atom. The molecular weight excluding hydrogens is 935 g/mol. The largest absolute Gasteiger partial charge is 0.466 e. The van der Waals surface area contributed by atoms with Crippen LogP contribution in [0.4, 0.5) is 0 Å². The van der Waals surface area contributed by atoms with Gasteiger partial charge < -0.3 is 20.3 Å². The van der Waals surface area contributed by atoms with Crippen LogP contribution in [0.1, 0.15) is 386 Å². The molecule has 2 atom stereocenters.